The number of nitrogens with zero attached hydrogens (tertiary/aromatic N) is 1. The van der Waals surface area contributed by atoms with Gasteiger partial charge in [0.05, 0.1) is 6.42 Å². The molecule has 0 heterocycles. The van der Waals surface area contributed by atoms with E-state index in [0.717, 1.165) is 16.7 Å². The molecule has 1 amide bonds. The van der Waals surface area contributed by atoms with Gasteiger partial charge in [0.15, 0.2) is 0 Å². The fourth-order valence-electron chi connectivity index (χ4n) is 2.30. The van der Waals surface area contributed by atoms with Crippen LogP contribution in [0.1, 0.15) is 16.7 Å². The molecular weight excluding hydrogens is 258 g/mol. The van der Waals surface area contributed by atoms with Gasteiger partial charge < -0.3 is 4.90 Å². The quantitative estimate of drug-likeness (QED) is 0.737. The van der Waals surface area contributed by atoms with Crippen molar-refractivity contribution in [2.24, 2.45) is 0 Å². The number of hydrogen-bond acceptors (Lipinski definition) is 1. The third kappa shape index (κ3) is 4.32. The van der Waals surface area contributed by atoms with E-state index >= 15 is 0 Å². The standard InChI is InChI=1S/C19H21NO/c1-3-13-20(15-17-10-5-4-6-11-17)19(21)14-18-12-8-7-9-16(18)2/h3-12H,1,13-15H2,2H3. The Balaban J connectivity index is 2.09. The lowest BCUT2D eigenvalue weighted by atomic mass is 10.1. The van der Waals surface area contributed by atoms with Crippen LogP contribution in [0.15, 0.2) is 67.3 Å². The largest absolute Gasteiger partial charge is 0.334 e. The van der Waals surface area contributed by atoms with Gasteiger partial charge in [0.2, 0.25) is 5.91 Å². The monoisotopic (exact) mass is 279 g/mol. The summed E-state index contributed by atoms with van der Waals surface area (Å²) in [6.45, 7) is 6.99. The number of hydrogen-bond donors (Lipinski definition) is 0. The normalized spacial score (nSPS) is 10.1. The van der Waals surface area contributed by atoms with E-state index in [4.69, 9.17) is 0 Å². The summed E-state index contributed by atoms with van der Waals surface area (Å²) in [5, 5.41) is 0. The van der Waals surface area contributed by atoms with Crippen LogP contribution in [0, 0.1) is 6.92 Å². The highest BCUT2D eigenvalue weighted by Gasteiger charge is 2.14. The molecule has 0 unspecified atom stereocenters. The molecular formula is C19H21NO. The summed E-state index contributed by atoms with van der Waals surface area (Å²) in [6.07, 6.45) is 2.21. The van der Waals surface area contributed by atoms with Crippen LogP contribution in [-0.4, -0.2) is 17.4 Å². The minimum Gasteiger partial charge on any atom is -0.334 e. The molecule has 2 heteroatoms. The molecule has 0 bridgehead atoms. The molecule has 0 fully saturated rings. The molecule has 108 valence electrons. The van der Waals surface area contributed by atoms with Crippen LogP contribution in [0.2, 0.25) is 0 Å². The summed E-state index contributed by atoms with van der Waals surface area (Å²) >= 11 is 0. The summed E-state index contributed by atoms with van der Waals surface area (Å²) in [5.74, 6) is 0.132. The van der Waals surface area contributed by atoms with Crippen molar-refractivity contribution < 1.29 is 4.79 Å². The lowest BCUT2D eigenvalue weighted by Gasteiger charge is -2.22. The molecule has 2 aromatic carbocycles. The van der Waals surface area contributed by atoms with Crippen LogP contribution in [-0.2, 0) is 17.8 Å². The number of amides is 1. The fraction of sp³-hybridized carbons (Fsp3) is 0.211. The molecule has 0 radical (unpaired) electrons. The van der Waals surface area contributed by atoms with Crippen molar-refractivity contribution in [3.8, 4) is 0 Å². The maximum atomic E-state index is 12.5. The number of benzene rings is 2. The molecule has 0 aliphatic rings. The van der Waals surface area contributed by atoms with Gasteiger partial charge in [-0.1, -0.05) is 60.7 Å². The zero-order chi connectivity index (χ0) is 15.1. The van der Waals surface area contributed by atoms with E-state index < -0.39 is 0 Å². The zero-order valence-corrected chi connectivity index (χ0v) is 12.5. The Bertz CT molecular complexity index is 604. The molecule has 2 rings (SSSR count). The first-order chi connectivity index (χ1) is 10.2. The Morgan fingerprint density at radius 3 is 2.43 bits per heavy atom. The maximum absolute atomic E-state index is 12.5. The first-order valence-corrected chi connectivity index (χ1v) is 7.18. The Kier molecular flexibility index (Phi) is 5.33. The van der Waals surface area contributed by atoms with Crippen molar-refractivity contribution in [3.05, 3.63) is 83.9 Å². The Labute approximate surface area is 126 Å². The number of carbonyl (C=O) groups is 1. The second-order valence-corrected chi connectivity index (χ2v) is 5.15. The average Bonchev–Trinajstić information content (AvgIpc) is 2.50. The van der Waals surface area contributed by atoms with Crippen molar-refractivity contribution in [2.45, 2.75) is 19.9 Å². The number of rotatable bonds is 6. The molecule has 0 aromatic heterocycles. The predicted octanol–water partition coefficient (Wildman–Crippen LogP) is 3.75. The van der Waals surface area contributed by atoms with Gasteiger partial charge in [0.25, 0.3) is 0 Å². The molecule has 0 aliphatic carbocycles. The summed E-state index contributed by atoms with van der Waals surface area (Å²) < 4.78 is 0. The minimum atomic E-state index is 0.132. The van der Waals surface area contributed by atoms with Crippen molar-refractivity contribution >= 4 is 5.91 Å². The van der Waals surface area contributed by atoms with Crippen LogP contribution in [0.4, 0.5) is 0 Å². The Hall–Kier alpha value is -2.35. The Morgan fingerprint density at radius 2 is 1.76 bits per heavy atom. The SMILES string of the molecule is C=CCN(Cc1ccccc1)C(=O)Cc1ccccc1C. The molecule has 0 N–H and O–H groups in total. The molecule has 0 aliphatic heterocycles. The summed E-state index contributed by atoms with van der Waals surface area (Å²) in [5.41, 5.74) is 3.38. The van der Waals surface area contributed by atoms with Gasteiger partial charge in [-0.2, -0.15) is 0 Å². The second-order valence-electron chi connectivity index (χ2n) is 5.15. The third-order valence-corrected chi connectivity index (χ3v) is 3.52. The van der Waals surface area contributed by atoms with Gasteiger partial charge in [-0.05, 0) is 23.6 Å². The number of aryl methyl sites for hydroxylation is 1. The van der Waals surface area contributed by atoms with E-state index in [-0.39, 0.29) is 5.91 Å². The molecule has 0 saturated heterocycles. The molecule has 0 saturated carbocycles. The van der Waals surface area contributed by atoms with Gasteiger partial charge in [0, 0.05) is 13.1 Å². The number of carbonyl (C=O) groups excluding carboxylic acids is 1. The van der Waals surface area contributed by atoms with Gasteiger partial charge >= 0.3 is 0 Å². The lowest BCUT2D eigenvalue weighted by Crippen LogP contribution is -2.32. The molecule has 21 heavy (non-hydrogen) atoms. The average molecular weight is 279 g/mol. The summed E-state index contributed by atoms with van der Waals surface area (Å²) in [4.78, 5) is 14.4. The highest BCUT2D eigenvalue weighted by molar-refractivity contribution is 5.79. The van der Waals surface area contributed by atoms with Crippen molar-refractivity contribution in [2.75, 3.05) is 6.54 Å². The lowest BCUT2D eigenvalue weighted by molar-refractivity contribution is -0.130. The van der Waals surface area contributed by atoms with Crippen LogP contribution in [0.25, 0.3) is 0 Å². The van der Waals surface area contributed by atoms with Gasteiger partial charge in [0.1, 0.15) is 0 Å². The molecule has 2 aromatic rings. The van der Waals surface area contributed by atoms with Crippen molar-refractivity contribution in [3.63, 3.8) is 0 Å². The molecule has 2 nitrogen and oxygen atoms in total. The summed E-state index contributed by atoms with van der Waals surface area (Å²) in [7, 11) is 0. The Morgan fingerprint density at radius 1 is 1.10 bits per heavy atom. The van der Waals surface area contributed by atoms with Crippen LogP contribution < -0.4 is 0 Å². The van der Waals surface area contributed by atoms with Gasteiger partial charge in [-0.3, -0.25) is 4.79 Å². The minimum absolute atomic E-state index is 0.132. The van der Waals surface area contributed by atoms with Crippen LogP contribution >= 0.6 is 0 Å². The first kappa shape index (κ1) is 15.0. The third-order valence-electron chi connectivity index (χ3n) is 3.52. The van der Waals surface area contributed by atoms with E-state index in [1.54, 1.807) is 6.08 Å². The smallest absolute Gasteiger partial charge is 0.227 e. The molecule has 0 atom stereocenters. The summed E-state index contributed by atoms with van der Waals surface area (Å²) in [6, 6.07) is 18.1. The van der Waals surface area contributed by atoms with E-state index in [1.807, 2.05) is 66.4 Å². The van der Waals surface area contributed by atoms with Crippen LogP contribution in [0.3, 0.4) is 0 Å². The van der Waals surface area contributed by atoms with E-state index in [9.17, 15) is 4.79 Å². The maximum Gasteiger partial charge on any atom is 0.227 e. The topological polar surface area (TPSA) is 20.3 Å². The van der Waals surface area contributed by atoms with Gasteiger partial charge in [-0.15, -0.1) is 6.58 Å². The van der Waals surface area contributed by atoms with E-state index in [1.165, 1.54) is 0 Å². The van der Waals surface area contributed by atoms with Crippen LogP contribution in [0.5, 0.6) is 0 Å². The predicted molar refractivity (Wildman–Crippen MR) is 86.9 cm³/mol. The van der Waals surface area contributed by atoms with Gasteiger partial charge in [-0.25, -0.2) is 0 Å². The van der Waals surface area contributed by atoms with Crippen molar-refractivity contribution in [1.82, 2.24) is 4.90 Å². The fourth-order valence-corrected chi connectivity index (χ4v) is 2.30. The zero-order valence-electron chi connectivity index (χ0n) is 12.5. The highest BCUT2D eigenvalue weighted by atomic mass is 16.2. The van der Waals surface area contributed by atoms with E-state index in [0.29, 0.717) is 19.5 Å². The highest BCUT2D eigenvalue weighted by Crippen LogP contribution is 2.11. The molecule has 0 spiro atoms. The second kappa shape index (κ2) is 7.44. The van der Waals surface area contributed by atoms with E-state index in [2.05, 4.69) is 6.58 Å². The van der Waals surface area contributed by atoms with Crippen molar-refractivity contribution in [1.29, 1.82) is 0 Å². The first-order valence-electron chi connectivity index (χ1n) is 7.18.